The SMILES string of the molecule is CC(C)c1cnc(-c2cc(Cl)ccc2F)nc1Nc1ccncc1C(=O)NCCC(=O)N1CCC[C@H]1C(=O)N(C)C. The van der Waals surface area contributed by atoms with Crippen molar-refractivity contribution < 1.29 is 18.8 Å². The molecule has 41 heavy (non-hydrogen) atoms. The number of rotatable bonds is 9. The quantitative estimate of drug-likeness (QED) is 0.384. The van der Waals surface area contributed by atoms with E-state index in [0.717, 1.165) is 12.0 Å². The van der Waals surface area contributed by atoms with Gasteiger partial charge in [-0.2, -0.15) is 0 Å². The summed E-state index contributed by atoms with van der Waals surface area (Å²) in [4.78, 5) is 54.5. The van der Waals surface area contributed by atoms with Crippen molar-refractivity contribution in [2.75, 3.05) is 32.5 Å². The molecule has 0 aliphatic carbocycles. The molecule has 2 aromatic heterocycles. The molecule has 0 bridgehead atoms. The molecule has 3 aromatic rings. The summed E-state index contributed by atoms with van der Waals surface area (Å²) in [5, 5.41) is 6.32. The molecule has 1 aliphatic heterocycles. The van der Waals surface area contributed by atoms with E-state index in [1.165, 1.54) is 35.5 Å². The van der Waals surface area contributed by atoms with Crippen LogP contribution in [0.2, 0.25) is 5.02 Å². The van der Waals surface area contributed by atoms with E-state index in [1.807, 2.05) is 13.8 Å². The number of pyridine rings is 1. The zero-order chi connectivity index (χ0) is 29.7. The molecule has 10 nitrogen and oxygen atoms in total. The molecule has 0 unspecified atom stereocenters. The van der Waals surface area contributed by atoms with Crippen LogP contribution >= 0.6 is 11.6 Å². The van der Waals surface area contributed by atoms with Gasteiger partial charge >= 0.3 is 0 Å². The summed E-state index contributed by atoms with van der Waals surface area (Å²) >= 11 is 6.08. The van der Waals surface area contributed by atoms with Gasteiger partial charge in [-0.15, -0.1) is 0 Å². The lowest BCUT2D eigenvalue weighted by Crippen LogP contribution is -2.46. The van der Waals surface area contributed by atoms with Gasteiger partial charge in [0.05, 0.1) is 16.8 Å². The molecule has 3 heterocycles. The van der Waals surface area contributed by atoms with Crippen molar-refractivity contribution in [3.05, 3.63) is 64.8 Å². The number of nitrogens with zero attached hydrogens (tertiary/aromatic N) is 5. The van der Waals surface area contributed by atoms with Gasteiger partial charge in [0, 0.05) is 62.8 Å². The minimum atomic E-state index is -0.512. The fraction of sp³-hybridized carbons (Fsp3) is 0.379. The average Bonchev–Trinajstić information content (AvgIpc) is 3.44. The first-order valence-corrected chi connectivity index (χ1v) is 13.8. The van der Waals surface area contributed by atoms with Gasteiger partial charge < -0.3 is 20.4 Å². The Morgan fingerprint density at radius 1 is 1.20 bits per heavy atom. The van der Waals surface area contributed by atoms with E-state index in [2.05, 4.69) is 25.6 Å². The van der Waals surface area contributed by atoms with Crippen LogP contribution in [0.15, 0.2) is 42.9 Å². The molecule has 12 heteroatoms. The van der Waals surface area contributed by atoms with Crippen molar-refractivity contribution in [3.63, 3.8) is 0 Å². The van der Waals surface area contributed by atoms with Crippen LogP contribution in [0.25, 0.3) is 11.4 Å². The Labute approximate surface area is 243 Å². The first-order chi connectivity index (χ1) is 19.6. The molecule has 4 rings (SSSR count). The molecule has 0 spiro atoms. The minimum absolute atomic E-state index is 0.0228. The van der Waals surface area contributed by atoms with Crippen molar-refractivity contribution in [1.82, 2.24) is 30.1 Å². The van der Waals surface area contributed by atoms with Gasteiger partial charge in [-0.25, -0.2) is 14.4 Å². The lowest BCUT2D eigenvalue weighted by Gasteiger charge is -2.26. The average molecular weight is 582 g/mol. The smallest absolute Gasteiger partial charge is 0.254 e. The van der Waals surface area contributed by atoms with Gasteiger partial charge in [0.2, 0.25) is 11.8 Å². The normalized spacial score (nSPS) is 14.7. The summed E-state index contributed by atoms with van der Waals surface area (Å²) in [5.74, 6) is -0.656. The number of hydrogen-bond acceptors (Lipinski definition) is 7. The monoisotopic (exact) mass is 581 g/mol. The summed E-state index contributed by atoms with van der Waals surface area (Å²) in [6.07, 6.45) is 6.02. The Balaban J connectivity index is 1.49. The van der Waals surface area contributed by atoms with Crippen molar-refractivity contribution in [3.8, 4) is 11.4 Å². The standard InChI is InChI=1S/C29H33ClFN7O3/c1-17(2)20-16-34-26(19-14-18(30)7-8-22(19)31)36-27(20)35-23-9-11-32-15-21(23)28(40)33-12-10-25(39)38-13-5-6-24(38)29(41)37(3)4/h7-9,11,14-17,24H,5-6,10,12-13H2,1-4H3,(H,33,40)(H,32,34,35,36)/t24-/m0/s1. The predicted octanol–water partition coefficient (Wildman–Crippen LogP) is 4.40. The first kappa shape index (κ1) is 29.9. The fourth-order valence-corrected chi connectivity index (χ4v) is 4.84. The van der Waals surface area contributed by atoms with E-state index in [9.17, 15) is 18.8 Å². The number of carbonyl (C=O) groups is 3. The summed E-state index contributed by atoms with van der Waals surface area (Å²) in [6.45, 7) is 4.55. The number of aromatic nitrogens is 3. The third-order valence-electron chi connectivity index (χ3n) is 6.85. The second-order valence-corrected chi connectivity index (χ2v) is 10.7. The highest BCUT2D eigenvalue weighted by atomic mass is 35.5. The van der Waals surface area contributed by atoms with Gasteiger partial charge in [-0.1, -0.05) is 25.4 Å². The van der Waals surface area contributed by atoms with Crippen LogP contribution in [0.5, 0.6) is 0 Å². The highest BCUT2D eigenvalue weighted by molar-refractivity contribution is 6.30. The third kappa shape index (κ3) is 6.97. The lowest BCUT2D eigenvalue weighted by molar-refractivity contribution is -0.142. The van der Waals surface area contributed by atoms with Crippen LogP contribution in [0.3, 0.4) is 0 Å². The molecule has 2 N–H and O–H groups in total. The molecule has 216 valence electrons. The Bertz CT molecular complexity index is 1450. The number of anilines is 2. The molecule has 1 fully saturated rings. The number of amides is 3. The highest BCUT2D eigenvalue weighted by Crippen LogP contribution is 2.30. The van der Waals surface area contributed by atoms with E-state index in [-0.39, 0.29) is 47.6 Å². The zero-order valence-electron chi connectivity index (χ0n) is 23.4. The number of likely N-dealkylation sites (N-methyl/N-ethyl adjacent to an activating group) is 1. The van der Waals surface area contributed by atoms with Crippen LogP contribution < -0.4 is 10.6 Å². The molecular formula is C29H33ClFN7O3. The molecule has 0 saturated carbocycles. The van der Waals surface area contributed by atoms with Crippen LogP contribution in [0, 0.1) is 5.82 Å². The van der Waals surface area contributed by atoms with Gasteiger partial charge in [0.25, 0.3) is 5.91 Å². The van der Waals surface area contributed by atoms with Gasteiger partial charge in [0.1, 0.15) is 17.7 Å². The number of likely N-dealkylation sites (tertiary alicyclic amines) is 1. The van der Waals surface area contributed by atoms with Crippen LogP contribution in [-0.2, 0) is 9.59 Å². The van der Waals surface area contributed by atoms with E-state index >= 15 is 0 Å². The topological polar surface area (TPSA) is 120 Å². The van der Waals surface area contributed by atoms with E-state index in [4.69, 9.17) is 11.6 Å². The Morgan fingerprint density at radius 3 is 2.71 bits per heavy atom. The summed E-state index contributed by atoms with van der Waals surface area (Å²) in [5.41, 5.74) is 1.59. The molecule has 0 radical (unpaired) electrons. The molecule has 1 atom stereocenters. The minimum Gasteiger partial charge on any atom is -0.351 e. The van der Waals surface area contributed by atoms with E-state index in [1.54, 1.807) is 31.3 Å². The molecule has 3 amide bonds. The van der Waals surface area contributed by atoms with E-state index in [0.29, 0.717) is 29.5 Å². The van der Waals surface area contributed by atoms with Crippen molar-refractivity contribution in [2.45, 2.75) is 45.1 Å². The summed E-state index contributed by atoms with van der Waals surface area (Å²) in [7, 11) is 3.34. The lowest BCUT2D eigenvalue weighted by atomic mass is 10.1. The third-order valence-corrected chi connectivity index (χ3v) is 7.09. The van der Waals surface area contributed by atoms with Crippen LogP contribution in [0.4, 0.5) is 15.9 Å². The first-order valence-electron chi connectivity index (χ1n) is 13.4. The predicted molar refractivity (Wildman–Crippen MR) is 154 cm³/mol. The molecular weight excluding hydrogens is 549 g/mol. The second-order valence-electron chi connectivity index (χ2n) is 10.3. The molecule has 1 aliphatic rings. The largest absolute Gasteiger partial charge is 0.351 e. The molecule has 1 saturated heterocycles. The number of carbonyl (C=O) groups excluding carboxylic acids is 3. The maximum absolute atomic E-state index is 14.5. The highest BCUT2D eigenvalue weighted by Gasteiger charge is 2.34. The number of nitrogens with one attached hydrogen (secondary N) is 2. The Hall–Kier alpha value is -4.12. The fourth-order valence-electron chi connectivity index (χ4n) is 4.67. The maximum atomic E-state index is 14.5. The van der Waals surface area contributed by atoms with Crippen molar-refractivity contribution >= 4 is 40.8 Å². The number of hydrogen-bond donors (Lipinski definition) is 2. The number of halogens is 2. The summed E-state index contributed by atoms with van der Waals surface area (Å²) < 4.78 is 14.5. The van der Waals surface area contributed by atoms with Crippen LogP contribution in [-0.4, -0.2) is 75.7 Å². The Morgan fingerprint density at radius 2 is 1.98 bits per heavy atom. The van der Waals surface area contributed by atoms with Gasteiger partial charge in [-0.05, 0) is 43.0 Å². The second kappa shape index (κ2) is 13.0. The summed E-state index contributed by atoms with van der Waals surface area (Å²) in [6, 6.07) is 5.33. The van der Waals surface area contributed by atoms with Gasteiger partial charge in [-0.3, -0.25) is 19.4 Å². The zero-order valence-corrected chi connectivity index (χ0v) is 24.2. The van der Waals surface area contributed by atoms with Crippen molar-refractivity contribution in [2.24, 2.45) is 0 Å². The van der Waals surface area contributed by atoms with E-state index < -0.39 is 17.8 Å². The van der Waals surface area contributed by atoms with Gasteiger partial charge in [0.15, 0.2) is 5.82 Å². The van der Waals surface area contributed by atoms with Crippen molar-refractivity contribution in [1.29, 1.82) is 0 Å². The van der Waals surface area contributed by atoms with Crippen LogP contribution in [0.1, 0.15) is 54.9 Å². The number of benzene rings is 1. The maximum Gasteiger partial charge on any atom is 0.254 e. The molecule has 1 aromatic carbocycles. The Kier molecular flexibility index (Phi) is 9.49.